The summed E-state index contributed by atoms with van der Waals surface area (Å²) in [5.41, 5.74) is 11.0. The number of halogens is 1. The van der Waals surface area contributed by atoms with Gasteiger partial charge < -0.3 is 20.2 Å². The maximum atomic E-state index is 13.5. The third-order valence-corrected chi connectivity index (χ3v) is 6.35. The molecule has 0 bridgehead atoms. The number of nitrogens with two attached hydrogens (primary N) is 1. The standard InChI is InChI=1S/C29H34FN3O2.C2H6/c1-19(2)15-23(16-20(3)31)26-13-8-21(18-27(26)34-5)17-22-7-6-14-33-28(22)32-35-29(33,4)24-9-11-25(30)12-10-24;1-2/h8-13,15-19H,6-7,14,31H2,1-5H3;1-2H3/b20-16-,22-17+,23-15+;. The van der Waals surface area contributed by atoms with Crippen LogP contribution in [0.5, 0.6) is 5.75 Å². The van der Waals surface area contributed by atoms with Crippen molar-refractivity contribution in [2.24, 2.45) is 16.8 Å². The van der Waals surface area contributed by atoms with Gasteiger partial charge >= 0.3 is 0 Å². The van der Waals surface area contributed by atoms with Crippen LogP contribution in [0.15, 0.2) is 71.0 Å². The summed E-state index contributed by atoms with van der Waals surface area (Å²) in [6.45, 7) is 13.0. The minimum absolute atomic E-state index is 0.267. The summed E-state index contributed by atoms with van der Waals surface area (Å²) >= 11 is 0. The Morgan fingerprint density at radius 1 is 1.19 bits per heavy atom. The quantitative estimate of drug-likeness (QED) is 0.414. The summed E-state index contributed by atoms with van der Waals surface area (Å²) in [5.74, 6) is 1.72. The first kappa shape index (κ1) is 28.0. The van der Waals surface area contributed by atoms with E-state index in [1.807, 2.05) is 39.8 Å². The highest BCUT2D eigenvalue weighted by atomic mass is 19.1. The van der Waals surface area contributed by atoms with E-state index in [2.05, 4.69) is 48.2 Å². The molecule has 0 radical (unpaired) electrons. The van der Waals surface area contributed by atoms with Crippen LogP contribution in [0, 0.1) is 11.7 Å². The van der Waals surface area contributed by atoms with Crippen LogP contribution in [-0.2, 0) is 10.6 Å². The van der Waals surface area contributed by atoms with Gasteiger partial charge in [0.25, 0.3) is 0 Å². The summed E-state index contributed by atoms with van der Waals surface area (Å²) in [7, 11) is 1.69. The number of rotatable bonds is 6. The number of methoxy groups -OCH3 is 1. The van der Waals surface area contributed by atoms with Crippen LogP contribution in [-0.4, -0.2) is 24.4 Å². The molecule has 0 amide bonds. The Hall–Kier alpha value is -3.54. The van der Waals surface area contributed by atoms with E-state index in [0.29, 0.717) is 5.92 Å². The number of benzene rings is 2. The molecule has 1 saturated heterocycles. The monoisotopic (exact) mass is 505 g/mol. The van der Waals surface area contributed by atoms with Gasteiger partial charge in [0.2, 0.25) is 5.72 Å². The Morgan fingerprint density at radius 3 is 2.51 bits per heavy atom. The molecule has 0 spiro atoms. The molecule has 2 aromatic carbocycles. The lowest BCUT2D eigenvalue weighted by molar-refractivity contribution is -0.0913. The lowest BCUT2D eigenvalue weighted by atomic mass is 9.94. The van der Waals surface area contributed by atoms with Gasteiger partial charge in [-0.05, 0) is 72.7 Å². The molecule has 6 heteroatoms. The SMILES string of the molecule is CC.COc1cc(/C=C2\CCCN3C2=NOC3(C)c2ccc(F)cc2)ccc1C(/C=C(/C)N)=C/C(C)C. The molecule has 0 saturated carbocycles. The van der Waals surface area contributed by atoms with Crippen molar-refractivity contribution in [2.45, 2.75) is 60.1 Å². The number of nitrogens with zero attached hydrogens (tertiary/aromatic N) is 2. The van der Waals surface area contributed by atoms with E-state index in [0.717, 1.165) is 64.5 Å². The summed E-state index contributed by atoms with van der Waals surface area (Å²) in [4.78, 5) is 8.12. The van der Waals surface area contributed by atoms with Gasteiger partial charge in [-0.2, -0.15) is 0 Å². The summed E-state index contributed by atoms with van der Waals surface area (Å²) in [5, 5.41) is 4.46. The Kier molecular flexibility index (Phi) is 9.19. The second-order valence-corrected chi connectivity index (χ2v) is 9.63. The molecule has 5 nitrogen and oxygen atoms in total. The zero-order valence-electron chi connectivity index (χ0n) is 23.1. The second kappa shape index (κ2) is 12.1. The predicted molar refractivity (Wildman–Crippen MR) is 151 cm³/mol. The molecule has 2 aliphatic rings. The smallest absolute Gasteiger partial charge is 0.234 e. The summed E-state index contributed by atoms with van der Waals surface area (Å²) < 4.78 is 19.3. The first-order chi connectivity index (χ1) is 17.7. The lowest BCUT2D eigenvalue weighted by Gasteiger charge is -2.37. The van der Waals surface area contributed by atoms with E-state index in [-0.39, 0.29) is 5.82 Å². The number of oxime groups is 1. The molecular weight excluding hydrogens is 465 g/mol. The molecule has 2 N–H and O–H groups in total. The van der Waals surface area contributed by atoms with Crippen molar-refractivity contribution in [2.75, 3.05) is 13.7 Å². The molecule has 198 valence electrons. The molecule has 2 aromatic rings. The normalized spacial score (nSPS) is 20.7. The van der Waals surface area contributed by atoms with Crippen molar-refractivity contribution in [1.82, 2.24) is 4.90 Å². The van der Waals surface area contributed by atoms with E-state index in [9.17, 15) is 4.39 Å². The van der Waals surface area contributed by atoms with Crippen molar-refractivity contribution >= 4 is 17.5 Å². The summed E-state index contributed by atoms with van der Waals surface area (Å²) in [6, 6.07) is 12.6. The zero-order valence-corrected chi connectivity index (χ0v) is 23.1. The fourth-order valence-electron chi connectivity index (χ4n) is 4.69. The highest BCUT2D eigenvalue weighted by molar-refractivity contribution is 6.03. The van der Waals surface area contributed by atoms with Crippen LogP contribution in [0.25, 0.3) is 11.6 Å². The van der Waals surface area contributed by atoms with Crippen LogP contribution in [0.1, 0.15) is 71.1 Å². The first-order valence-electron chi connectivity index (χ1n) is 13.1. The molecule has 2 aliphatic heterocycles. The highest BCUT2D eigenvalue weighted by Crippen LogP contribution is 2.40. The Bertz CT molecular complexity index is 1210. The van der Waals surface area contributed by atoms with Crippen LogP contribution in [0.3, 0.4) is 0 Å². The minimum Gasteiger partial charge on any atom is -0.496 e. The molecule has 1 atom stereocenters. The van der Waals surface area contributed by atoms with Gasteiger partial charge in [0.05, 0.1) is 7.11 Å². The largest absolute Gasteiger partial charge is 0.496 e. The number of amidine groups is 1. The number of ether oxygens (including phenoxy) is 1. The molecule has 0 aromatic heterocycles. The van der Waals surface area contributed by atoms with E-state index in [1.165, 1.54) is 12.1 Å². The fourth-order valence-corrected chi connectivity index (χ4v) is 4.69. The predicted octanol–water partition coefficient (Wildman–Crippen LogP) is 7.46. The fraction of sp³-hybridized carbons (Fsp3) is 0.387. The zero-order chi connectivity index (χ0) is 27.2. The summed E-state index contributed by atoms with van der Waals surface area (Å²) in [6.07, 6.45) is 8.19. The van der Waals surface area contributed by atoms with Gasteiger partial charge in [-0.25, -0.2) is 4.39 Å². The van der Waals surface area contributed by atoms with Gasteiger partial charge in [0.1, 0.15) is 11.6 Å². The van der Waals surface area contributed by atoms with Crippen molar-refractivity contribution in [3.8, 4) is 5.75 Å². The van der Waals surface area contributed by atoms with E-state index >= 15 is 0 Å². The Morgan fingerprint density at radius 2 is 1.89 bits per heavy atom. The van der Waals surface area contributed by atoms with E-state index in [1.54, 1.807) is 19.2 Å². The molecular formula is C31H40FN3O2. The number of fused-ring (bicyclic) bond motifs is 1. The third-order valence-electron chi connectivity index (χ3n) is 6.35. The highest BCUT2D eigenvalue weighted by Gasteiger charge is 2.45. The van der Waals surface area contributed by atoms with E-state index in [4.69, 9.17) is 15.3 Å². The van der Waals surface area contributed by atoms with Crippen molar-refractivity contribution in [3.63, 3.8) is 0 Å². The van der Waals surface area contributed by atoms with Crippen molar-refractivity contribution < 1.29 is 14.0 Å². The number of hydrogen-bond donors (Lipinski definition) is 1. The minimum atomic E-state index is -0.757. The molecule has 1 unspecified atom stereocenters. The Labute approximate surface area is 221 Å². The average molecular weight is 506 g/mol. The Balaban J connectivity index is 0.00000186. The number of piperidine rings is 1. The van der Waals surface area contributed by atoms with E-state index < -0.39 is 5.72 Å². The maximum Gasteiger partial charge on any atom is 0.234 e. The molecule has 4 rings (SSSR count). The topological polar surface area (TPSA) is 60.1 Å². The van der Waals surface area contributed by atoms with Crippen LogP contribution in [0.4, 0.5) is 4.39 Å². The number of allylic oxidation sites excluding steroid dienone is 4. The number of hydrogen-bond acceptors (Lipinski definition) is 5. The first-order valence-corrected chi connectivity index (χ1v) is 13.1. The van der Waals surface area contributed by atoms with Gasteiger partial charge in [-0.15, -0.1) is 0 Å². The molecule has 1 fully saturated rings. The molecule has 37 heavy (non-hydrogen) atoms. The molecule has 0 aliphatic carbocycles. The van der Waals surface area contributed by atoms with Gasteiger partial charge in [-0.1, -0.05) is 63.2 Å². The van der Waals surface area contributed by atoms with Crippen LogP contribution < -0.4 is 10.5 Å². The second-order valence-electron chi connectivity index (χ2n) is 9.63. The average Bonchev–Trinajstić information content (AvgIpc) is 3.23. The van der Waals surface area contributed by atoms with Gasteiger partial charge in [0, 0.05) is 30.3 Å². The maximum absolute atomic E-state index is 13.5. The van der Waals surface area contributed by atoms with Crippen LogP contribution >= 0.6 is 0 Å². The van der Waals surface area contributed by atoms with Crippen molar-refractivity contribution in [1.29, 1.82) is 0 Å². The van der Waals surface area contributed by atoms with Crippen molar-refractivity contribution in [3.05, 3.63) is 88.4 Å². The lowest BCUT2D eigenvalue weighted by Crippen LogP contribution is -2.46. The van der Waals surface area contributed by atoms with Crippen LogP contribution in [0.2, 0.25) is 0 Å². The molecule has 2 heterocycles. The third kappa shape index (κ3) is 6.24. The van der Waals surface area contributed by atoms with Gasteiger partial charge in [0.15, 0.2) is 5.84 Å². The van der Waals surface area contributed by atoms with Gasteiger partial charge in [-0.3, -0.25) is 0 Å².